The fourth-order valence-corrected chi connectivity index (χ4v) is 2.13. The number of aryl methyl sites for hydroxylation is 2. The maximum absolute atomic E-state index is 5.47. The lowest BCUT2D eigenvalue weighted by Crippen LogP contribution is -1.99. The maximum Gasteiger partial charge on any atom is 0.104 e. The standard InChI is InChI=1S/C15H20O2/c1-12(8-15-9-13(2)10-17-15)4-3-5-14-6-7-16-11-14/h6-7,9-12H,3-5,8H2,1-2H3. The van der Waals surface area contributed by atoms with Crippen LogP contribution in [-0.2, 0) is 12.8 Å². The Bertz CT molecular complexity index is 425. The minimum Gasteiger partial charge on any atom is -0.472 e. The summed E-state index contributed by atoms with van der Waals surface area (Å²) in [4.78, 5) is 0. The van der Waals surface area contributed by atoms with Gasteiger partial charge in [-0.2, -0.15) is 0 Å². The molecule has 0 aliphatic rings. The van der Waals surface area contributed by atoms with Crippen LogP contribution in [0, 0.1) is 12.8 Å². The van der Waals surface area contributed by atoms with E-state index in [9.17, 15) is 0 Å². The van der Waals surface area contributed by atoms with Crippen molar-refractivity contribution < 1.29 is 8.83 Å². The molecule has 0 aromatic carbocycles. The summed E-state index contributed by atoms with van der Waals surface area (Å²) in [5.41, 5.74) is 2.51. The molecule has 2 heteroatoms. The first-order valence-corrected chi connectivity index (χ1v) is 6.29. The Balaban J connectivity index is 1.69. The van der Waals surface area contributed by atoms with Gasteiger partial charge in [-0.05, 0) is 55.4 Å². The van der Waals surface area contributed by atoms with Crippen molar-refractivity contribution in [1.29, 1.82) is 0 Å². The highest BCUT2D eigenvalue weighted by atomic mass is 16.3. The van der Waals surface area contributed by atoms with Gasteiger partial charge in [0.15, 0.2) is 0 Å². The van der Waals surface area contributed by atoms with Gasteiger partial charge in [-0.3, -0.25) is 0 Å². The third-order valence-corrected chi connectivity index (χ3v) is 3.08. The predicted octanol–water partition coefficient (Wildman–Crippen LogP) is 4.38. The van der Waals surface area contributed by atoms with Crippen LogP contribution in [0.4, 0.5) is 0 Å². The summed E-state index contributed by atoms with van der Waals surface area (Å²) in [5, 5.41) is 0. The van der Waals surface area contributed by atoms with Crippen LogP contribution in [0.3, 0.4) is 0 Å². The Morgan fingerprint density at radius 3 is 2.82 bits per heavy atom. The Kier molecular flexibility index (Phi) is 4.08. The summed E-state index contributed by atoms with van der Waals surface area (Å²) in [6.07, 6.45) is 9.99. The highest BCUT2D eigenvalue weighted by Crippen LogP contribution is 2.17. The van der Waals surface area contributed by atoms with Crippen LogP contribution in [-0.4, -0.2) is 0 Å². The van der Waals surface area contributed by atoms with Gasteiger partial charge in [0.25, 0.3) is 0 Å². The molecule has 0 fully saturated rings. The van der Waals surface area contributed by atoms with Crippen molar-refractivity contribution in [3.05, 3.63) is 47.8 Å². The van der Waals surface area contributed by atoms with Crippen molar-refractivity contribution in [3.8, 4) is 0 Å². The molecule has 92 valence electrons. The summed E-state index contributed by atoms with van der Waals surface area (Å²) in [7, 11) is 0. The normalized spacial score (nSPS) is 12.8. The van der Waals surface area contributed by atoms with Gasteiger partial charge in [0.1, 0.15) is 5.76 Å². The van der Waals surface area contributed by atoms with E-state index in [1.54, 1.807) is 6.26 Å². The Morgan fingerprint density at radius 1 is 1.29 bits per heavy atom. The summed E-state index contributed by atoms with van der Waals surface area (Å²) in [5.74, 6) is 1.78. The van der Waals surface area contributed by atoms with Crippen LogP contribution in [0.2, 0.25) is 0 Å². The first-order chi connectivity index (χ1) is 8.24. The Labute approximate surface area is 103 Å². The second-order valence-electron chi connectivity index (χ2n) is 4.92. The minimum absolute atomic E-state index is 0.674. The molecule has 0 bridgehead atoms. The number of furan rings is 2. The predicted molar refractivity (Wildman–Crippen MR) is 68.0 cm³/mol. The number of rotatable bonds is 6. The molecule has 1 atom stereocenters. The number of hydrogen-bond acceptors (Lipinski definition) is 2. The van der Waals surface area contributed by atoms with Crippen LogP contribution in [0.25, 0.3) is 0 Å². The van der Waals surface area contributed by atoms with Crippen molar-refractivity contribution in [2.24, 2.45) is 5.92 Å². The van der Waals surface area contributed by atoms with E-state index >= 15 is 0 Å². The molecule has 1 unspecified atom stereocenters. The molecular weight excluding hydrogens is 212 g/mol. The molecule has 0 aliphatic heterocycles. The molecule has 0 spiro atoms. The molecule has 0 amide bonds. The van der Waals surface area contributed by atoms with E-state index in [0.29, 0.717) is 5.92 Å². The van der Waals surface area contributed by atoms with Gasteiger partial charge in [-0.15, -0.1) is 0 Å². The van der Waals surface area contributed by atoms with E-state index in [0.717, 1.165) is 18.6 Å². The lowest BCUT2D eigenvalue weighted by molar-refractivity contribution is 0.432. The molecule has 2 aromatic rings. The monoisotopic (exact) mass is 232 g/mol. The van der Waals surface area contributed by atoms with E-state index < -0.39 is 0 Å². The molecule has 0 saturated heterocycles. The van der Waals surface area contributed by atoms with Crippen molar-refractivity contribution in [2.75, 3.05) is 0 Å². The highest BCUT2D eigenvalue weighted by molar-refractivity contribution is 5.10. The third kappa shape index (κ3) is 3.81. The van der Waals surface area contributed by atoms with E-state index in [1.807, 2.05) is 18.6 Å². The SMILES string of the molecule is Cc1coc(CC(C)CCCc2ccoc2)c1. The Morgan fingerprint density at radius 2 is 2.18 bits per heavy atom. The highest BCUT2D eigenvalue weighted by Gasteiger charge is 2.07. The molecule has 2 nitrogen and oxygen atoms in total. The zero-order valence-electron chi connectivity index (χ0n) is 10.6. The topological polar surface area (TPSA) is 26.3 Å². The van der Waals surface area contributed by atoms with Gasteiger partial charge in [0.05, 0.1) is 18.8 Å². The van der Waals surface area contributed by atoms with Crippen LogP contribution in [0.15, 0.2) is 39.8 Å². The molecule has 0 aliphatic carbocycles. The van der Waals surface area contributed by atoms with Crippen LogP contribution >= 0.6 is 0 Å². The molecular formula is C15H20O2. The number of hydrogen-bond donors (Lipinski definition) is 0. The molecule has 17 heavy (non-hydrogen) atoms. The van der Waals surface area contributed by atoms with Gasteiger partial charge in [-0.25, -0.2) is 0 Å². The first-order valence-electron chi connectivity index (χ1n) is 6.29. The van der Waals surface area contributed by atoms with Crippen LogP contribution < -0.4 is 0 Å². The van der Waals surface area contributed by atoms with E-state index in [2.05, 4.69) is 19.9 Å². The Hall–Kier alpha value is -1.44. The molecule has 0 radical (unpaired) electrons. The molecule has 0 N–H and O–H groups in total. The van der Waals surface area contributed by atoms with Gasteiger partial charge >= 0.3 is 0 Å². The average Bonchev–Trinajstić information content (AvgIpc) is 2.90. The van der Waals surface area contributed by atoms with Gasteiger partial charge < -0.3 is 8.83 Å². The summed E-state index contributed by atoms with van der Waals surface area (Å²) < 4.78 is 10.5. The van der Waals surface area contributed by atoms with Crippen molar-refractivity contribution in [2.45, 2.75) is 39.5 Å². The van der Waals surface area contributed by atoms with E-state index in [4.69, 9.17) is 8.83 Å². The molecule has 0 saturated carbocycles. The quantitative estimate of drug-likeness (QED) is 0.738. The fraction of sp³-hybridized carbons (Fsp3) is 0.467. The van der Waals surface area contributed by atoms with Gasteiger partial charge in [0, 0.05) is 6.42 Å². The van der Waals surface area contributed by atoms with E-state index in [1.165, 1.54) is 24.0 Å². The second-order valence-corrected chi connectivity index (χ2v) is 4.92. The smallest absolute Gasteiger partial charge is 0.104 e. The fourth-order valence-electron chi connectivity index (χ4n) is 2.13. The van der Waals surface area contributed by atoms with Gasteiger partial charge in [-0.1, -0.05) is 6.92 Å². The molecule has 2 rings (SSSR count). The van der Waals surface area contributed by atoms with Crippen molar-refractivity contribution in [1.82, 2.24) is 0 Å². The van der Waals surface area contributed by atoms with Crippen LogP contribution in [0.1, 0.15) is 36.7 Å². The third-order valence-electron chi connectivity index (χ3n) is 3.08. The van der Waals surface area contributed by atoms with Gasteiger partial charge in [0.2, 0.25) is 0 Å². The van der Waals surface area contributed by atoms with Crippen molar-refractivity contribution in [3.63, 3.8) is 0 Å². The largest absolute Gasteiger partial charge is 0.472 e. The van der Waals surface area contributed by atoms with E-state index in [-0.39, 0.29) is 0 Å². The molecule has 2 heterocycles. The minimum atomic E-state index is 0.674. The second kappa shape index (κ2) is 5.76. The van der Waals surface area contributed by atoms with Crippen LogP contribution in [0.5, 0.6) is 0 Å². The lowest BCUT2D eigenvalue weighted by Gasteiger charge is -2.08. The zero-order valence-corrected chi connectivity index (χ0v) is 10.6. The molecule has 2 aromatic heterocycles. The first kappa shape index (κ1) is 12.0. The average molecular weight is 232 g/mol. The maximum atomic E-state index is 5.47. The summed E-state index contributed by atoms with van der Waals surface area (Å²) >= 11 is 0. The summed E-state index contributed by atoms with van der Waals surface area (Å²) in [6, 6.07) is 4.17. The van der Waals surface area contributed by atoms with Crippen molar-refractivity contribution >= 4 is 0 Å². The summed E-state index contributed by atoms with van der Waals surface area (Å²) in [6.45, 7) is 4.35. The lowest BCUT2D eigenvalue weighted by atomic mass is 9.98. The zero-order chi connectivity index (χ0) is 12.1.